The van der Waals surface area contributed by atoms with Gasteiger partial charge in [-0.1, -0.05) is 19.9 Å². The molecule has 1 N–H and O–H groups in total. The first kappa shape index (κ1) is 12.5. The average Bonchev–Trinajstić information content (AvgIpc) is 2.77. The minimum Gasteiger partial charge on any atom is -0.388 e. The highest BCUT2D eigenvalue weighted by Crippen LogP contribution is 2.53. The summed E-state index contributed by atoms with van der Waals surface area (Å²) in [5.74, 6) is 2.23. The predicted molar refractivity (Wildman–Crippen MR) is 76.0 cm³/mol. The van der Waals surface area contributed by atoms with E-state index in [1.807, 2.05) is 24.0 Å². The normalized spacial score (nSPS) is 34.3. The number of fused-ring (bicyclic) bond motifs is 1. The Balaban J connectivity index is 2.00. The fourth-order valence-electron chi connectivity index (χ4n) is 3.42. The third kappa shape index (κ3) is 1.71. The monoisotopic (exact) mass is 263 g/mol. The van der Waals surface area contributed by atoms with Gasteiger partial charge in [0, 0.05) is 23.6 Å². The summed E-state index contributed by atoms with van der Waals surface area (Å²) in [7, 11) is 0. The Kier molecular flexibility index (Phi) is 2.94. The van der Waals surface area contributed by atoms with Crippen LogP contribution in [0.5, 0.6) is 0 Å². The van der Waals surface area contributed by atoms with Gasteiger partial charge in [-0.2, -0.15) is 11.8 Å². The van der Waals surface area contributed by atoms with Gasteiger partial charge in [0.05, 0.1) is 5.60 Å². The molecule has 1 aromatic heterocycles. The molecule has 1 fully saturated rings. The van der Waals surface area contributed by atoms with Crippen molar-refractivity contribution in [3.05, 3.63) is 29.6 Å². The number of nitrogens with zero attached hydrogens (tertiary/aromatic N) is 1. The van der Waals surface area contributed by atoms with Gasteiger partial charge in [-0.15, -0.1) is 0 Å². The van der Waals surface area contributed by atoms with E-state index in [1.165, 1.54) is 5.56 Å². The summed E-state index contributed by atoms with van der Waals surface area (Å²) in [6, 6.07) is 4.17. The van der Waals surface area contributed by atoms with Gasteiger partial charge in [0.2, 0.25) is 0 Å². The van der Waals surface area contributed by atoms with E-state index in [1.54, 1.807) is 0 Å². The largest absolute Gasteiger partial charge is 0.388 e. The van der Waals surface area contributed by atoms with Crippen LogP contribution < -0.4 is 0 Å². The molecule has 98 valence electrons. The summed E-state index contributed by atoms with van der Waals surface area (Å²) in [6.45, 7) is 4.43. The summed E-state index contributed by atoms with van der Waals surface area (Å²) >= 11 is 1.89. The maximum atomic E-state index is 11.3. The first-order chi connectivity index (χ1) is 8.55. The van der Waals surface area contributed by atoms with Crippen LogP contribution >= 0.6 is 11.8 Å². The van der Waals surface area contributed by atoms with Gasteiger partial charge >= 0.3 is 0 Å². The van der Waals surface area contributed by atoms with Crippen molar-refractivity contribution in [1.29, 1.82) is 0 Å². The molecule has 0 amide bonds. The summed E-state index contributed by atoms with van der Waals surface area (Å²) in [5.41, 5.74) is 1.87. The molecule has 0 radical (unpaired) electrons. The molecule has 1 aliphatic carbocycles. The number of aromatic nitrogens is 1. The summed E-state index contributed by atoms with van der Waals surface area (Å²) in [5, 5.41) is 11.3. The maximum absolute atomic E-state index is 11.3. The van der Waals surface area contributed by atoms with E-state index in [0.29, 0.717) is 0 Å². The molecule has 2 unspecified atom stereocenters. The zero-order valence-corrected chi connectivity index (χ0v) is 12.0. The Morgan fingerprint density at radius 2 is 2.28 bits per heavy atom. The zero-order valence-electron chi connectivity index (χ0n) is 11.1. The molecule has 0 spiro atoms. The van der Waals surface area contributed by atoms with Crippen LogP contribution in [0, 0.1) is 5.41 Å². The van der Waals surface area contributed by atoms with E-state index < -0.39 is 5.60 Å². The third-order valence-electron chi connectivity index (χ3n) is 4.90. The molecule has 1 aromatic rings. The lowest BCUT2D eigenvalue weighted by atomic mass is 9.66. The van der Waals surface area contributed by atoms with Crippen LogP contribution in [0.1, 0.15) is 43.9 Å². The molecule has 0 bridgehead atoms. The lowest BCUT2D eigenvalue weighted by Crippen LogP contribution is -2.53. The van der Waals surface area contributed by atoms with Gasteiger partial charge < -0.3 is 5.11 Å². The van der Waals surface area contributed by atoms with Crippen molar-refractivity contribution in [1.82, 2.24) is 4.98 Å². The molecule has 3 heteroatoms. The fourth-order valence-corrected chi connectivity index (χ4v) is 5.12. The molecule has 2 aliphatic rings. The number of hydrogen-bond acceptors (Lipinski definition) is 3. The van der Waals surface area contributed by atoms with Crippen molar-refractivity contribution in [2.75, 3.05) is 11.5 Å². The van der Waals surface area contributed by atoms with Gasteiger partial charge in [0.1, 0.15) is 0 Å². The van der Waals surface area contributed by atoms with E-state index in [-0.39, 0.29) is 11.3 Å². The third-order valence-corrected chi connectivity index (χ3v) is 6.04. The molecule has 2 heterocycles. The Labute approximate surface area is 113 Å². The quantitative estimate of drug-likeness (QED) is 0.845. The second-order valence-electron chi connectivity index (χ2n) is 6.25. The maximum Gasteiger partial charge on any atom is 0.0871 e. The van der Waals surface area contributed by atoms with Gasteiger partial charge in [-0.3, -0.25) is 4.98 Å². The summed E-state index contributed by atoms with van der Waals surface area (Å²) < 4.78 is 0. The molecule has 1 saturated heterocycles. The minimum atomic E-state index is -0.602. The fraction of sp³-hybridized carbons (Fsp3) is 0.667. The molecule has 18 heavy (non-hydrogen) atoms. The van der Waals surface area contributed by atoms with Crippen molar-refractivity contribution < 1.29 is 5.11 Å². The predicted octanol–water partition coefficient (Wildman–Crippen LogP) is 3.01. The molecule has 2 nitrogen and oxygen atoms in total. The molecule has 3 rings (SSSR count). The van der Waals surface area contributed by atoms with Crippen molar-refractivity contribution >= 4 is 11.8 Å². The lowest BCUT2D eigenvalue weighted by Gasteiger charge is -2.49. The number of aryl methyl sites for hydroxylation is 1. The van der Waals surface area contributed by atoms with Crippen molar-refractivity contribution in [3.63, 3.8) is 0 Å². The average molecular weight is 263 g/mol. The van der Waals surface area contributed by atoms with E-state index in [0.717, 1.165) is 36.5 Å². The van der Waals surface area contributed by atoms with Crippen LogP contribution in [-0.4, -0.2) is 27.2 Å². The number of hydrogen-bond donors (Lipinski definition) is 1. The molecule has 2 atom stereocenters. The topological polar surface area (TPSA) is 33.1 Å². The van der Waals surface area contributed by atoms with Crippen LogP contribution in [0.25, 0.3) is 0 Å². The zero-order chi connectivity index (χ0) is 12.8. The van der Waals surface area contributed by atoms with Crippen LogP contribution in [0.2, 0.25) is 0 Å². The smallest absolute Gasteiger partial charge is 0.0871 e. The molecule has 0 aromatic carbocycles. The number of pyridine rings is 1. The second-order valence-corrected chi connectivity index (χ2v) is 7.35. The van der Waals surface area contributed by atoms with Crippen LogP contribution in [0.15, 0.2) is 18.3 Å². The first-order valence-electron chi connectivity index (χ1n) is 6.78. The first-order valence-corrected chi connectivity index (χ1v) is 7.94. The van der Waals surface area contributed by atoms with Gasteiger partial charge in [0.25, 0.3) is 0 Å². The Hall–Kier alpha value is -0.540. The van der Waals surface area contributed by atoms with E-state index in [9.17, 15) is 5.11 Å². The SMILES string of the molecule is CC1(C)CCSCC1(O)C1CCc2cccnc21. The van der Waals surface area contributed by atoms with Gasteiger partial charge in [0.15, 0.2) is 0 Å². The summed E-state index contributed by atoms with van der Waals surface area (Å²) in [4.78, 5) is 4.56. The van der Waals surface area contributed by atoms with Crippen LogP contribution in [-0.2, 0) is 6.42 Å². The molecule has 1 aliphatic heterocycles. The summed E-state index contributed by atoms with van der Waals surface area (Å²) in [6.07, 6.45) is 5.07. The number of aliphatic hydroxyl groups is 1. The lowest BCUT2D eigenvalue weighted by molar-refractivity contribution is -0.0742. The highest BCUT2D eigenvalue weighted by atomic mass is 32.2. The second kappa shape index (κ2) is 4.24. The standard InChI is InChI=1S/C15H21NOS/c1-14(2)7-9-18-10-15(14,17)12-6-5-11-4-3-8-16-13(11)12/h3-4,8,12,17H,5-7,9-10H2,1-2H3. The van der Waals surface area contributed by atoms with E-state index in [4.69, 9.17) is 0 Å². The number of thioether (sulfide) groups is 1. The Morgan fingerprint density at radius 3 is 3.06 bits per heavy atom. The van der Waals surface area contributed by atoms with Crippen molar-refractivity contribution in [2.24, 2.45) is 5.41 Å². The minimum absolute atomic E-state index is 0.0119. The Morgan fingerprint density at radius 1 is 1.44 bits per heavy atom. The Bertz CT molecular complexity index is 460. The molecular formula is C15H21NOS. The van der Waals surface area contributed by atoms with E-state index in [2.05, 4.69) is 24.9 Å². The molecular weight excluding hydrogens is 242 g/mol. The van der Waals surface area contributed by atoms with E-state index >= 15 is 0 Å². The van der Waals surface area contributed by atoms with Crippen LogP contribution in [0.3, 0.4) is 0 Å². The number of rotatable bonds is 1. The van der Waals surface area contributed by atoms with Crippen molar-refractivity contribution in [3.8, 4) is 0 Å². The van der Waals surface area contributed by atoms with Gasteiger partial charge in [-0.25, -0.2) is 0 Å². The van der Waals surface area contributed by atoms with Crippen LogP contribution in [0.4, 0.5) is 0 Å². The highest BCUT2D eigenvalue weighted by Gasteiger charge is 2.53. The van der Waals surface area contributed by atoms with Gasteiger partial charge in [-0.05, 0) is 42.1 Å². The van der Waals surface area contributed by atoms with Crippen molar-refractivity contribution in [2.45, 2.75) is 44.6 Å². The highest BCUT2D eigenvalue weighted by molar-refractivity contribution is 7.99. The molecule has 0 saturated carbocycles.